The topological polar surface area (TPSA) is 33.7 Å². The normalized spacial score (nSPS) is 10.4. The Labute approximate surface area is 134 Å². The molecule has 0 aliphatic heterocycles. The number of halogens is 1. The van der Waals surface area contributed by atoms with Crippen molar-refractivity contribution >= 4 is 0 Å². The minimum atomic E-state index is 0. The van der Waals surface area contributed by atoms with Crippen LogP contribution in [0, 0.1) is 0 Å². The summed E-state index contributed by atoms with van der Waals surface area (Å²) in [5.41, 5.74) is 3.55. The van der Waals surface area contributed by atoms with Crippen LogP contribution in [-0.2, 0) is 19.4 Å². The van der Waals surface area contributed by atoms with Crippen LogP contribution in [0.25, 0.3) is 0 Å². The van der Waals surface area contributed by atoms with Crippen LogP contribution in [0.2, 0.25) is 0 Å². The zero-order valence-electron chi connectivity index (χ0n) is 13.6. The second kappa shape index (κ2) is 11.1. The number of nitrogens with one attached hydrogen (secondary N) is 1. The SMILES string of the molecule is CCCCCNn1c(CC)n[n+](CCCC)c1CC.[Br-]. The van der Waals surface area contributed by atoms with E-state index in [1.165, 1.54) is 37.9 Å². The first-order valence-electron chi connectivity index (χ1n) is 8.02. The van der Waals surface area contributed by atoms with E-state index in [2.05, 4.69) is 42.5 Å². The molecule has 4 nitrogen and oxygen atoms in total. The molecule has 0 saturated carbocycles. The lowest BCUT2D eigenvalue weighted by molar-refractivity contribution is -0.758. The Bertz CT molecular complexity index is 363. The second-order valence-corrected chi connectivity index (χ2v) is 5.07. The maximum atomic E-state index is 4.75. The zero-order chi connectivity index (χ0) is 14.1. The van der Waals surface area contributed by atoms with Gasteiger partial charge in [-0.05, 0) is 17.9 Å². The summed E-state index contributed by atoms with van der Waals surface area (Å²) in [6.45, 7) is 10.9. The number of aryl methyl sites for hydroxylation is 2. The molecule has 0 saturated heterocycles. The first kappa shape index (κ1) is 19.4. The van der Waals surface area contributed by atoms with Gasteiger partial charge in [-0.1, -0.05) is 47.0 Å². The first-order valence-corrected chi connectivity index (χ1v) is 8.02. The van der Waals surface area contributed by atoms with Crippen LogP contribution in [0.5, 0.6) is 0 Å². The number of hydrogen-bond acceptors (Lipinski definition) is 2. The van der Waals surface area contributed by atoms with Crippen LogP contribution < -0.4 is 27.1 Å². The van der Waals surface area contributed by atoms with Crippen molar-refractivity contribution < 1.29 is 21.7 Å². The van der Waals surface area contributed by atoms with Crippen molar-refractivity contribution in [2.75, 3.05) is 12.0 Å². The summed E-state index contributed by atoms with van der Waals surface area (Å²) in [6, 6.07) is 0. The fourth-order valence-corrected chi connectivity index (χ4v) is 2.31. The van der Waals surface area contributed by atoms with Crippen LogP contribution in [0.1, 0.15) is 71.4 Å². The molecule has 20 heavy (non-hydrogen) atoms. The van der Waals surface area contributed by atoms with Gasteiger partial charge in [0.1, 0.15) is 6.54 Å². The Morgan fingerprint density at radius 2 is 1.70 bits per heavy atom. The summed E-state index contributed by atoms with van der Waals surface area (Å²) in [4.78, 5) is 0. The number of rotatable bonds is 10. The van der Waals surface area contributed by atoms with Gasteiger partial charge in [-0.25, -0.2) is 0 Å². The van der Waals surface area contributed by atoms with Gasteiger partial charge in [0.2, 0.25) is 0 Å². The highest BCUT2D eigenvalue weighted by Crippen LogP contribution is 2.02. The summed E-state index contributed by atoms with van der Waals surface area (Å²) in [5, 5.41) is 4.75. The smallest absolute Gasteiger partial charge is 0.301 e. The van der Waals surface area contributed by atoms with Gasteiger partial charge in [-0.2, -0.15) is 0 Å². The fraction of sp³-hybridized carbons (Fsp3) is 0.867. The van der Waals surface area contributed by atoms with Crippen LogP contribution >= 0.6 is 0 Å². The van der Waals surface area contributed by atoms with Gasteiger partial charge in [0.25, 0.3) is 5.82 Å². The van der Waals surface area contributed by atoms with E-state index in [0.29, 0.717) is 0 Å². The van der Waals surface area contributed by atoms with Gasteiger partial charge < -0.3 is 17.0 Å². The predicted octanol–water partition coefficient (Wildman–Crippen LogP) is -0.167. The van der Waals surface area contributed by atoms with E-state index in [1.54, 1.807) is 0 Å². The summed E-state index contributed by atoms with van der Waals surface area (Å²) >= 11 is 0. The van der Waals surface area contributed by atoms with Gasteiger partial charge in [0.05, 0.1) is 13.0 Å². The van der Waals surface area contributed by atoms with E-state index in [4.69, 9.17) is 5.10 Å². The van der Waals surface area contributed by atoms with Gasteiger partial charge in [0, 0.05) is 6.42 Å². The largest absolute Gasteiger partial charge is 1.00 e. The third-order valence-corrected chi connectivity index (χ3v) is 3.46. The fourth-order valence-electron chi connectivity index (χ4n) is 2.31. The van der Waals surface area contributed by atoms with Gasteiger partial charge in [0.15, 0.2) is 0 Å². The Morgan fingerprint density at radius 1 is 1.00 bits per heavy atom. The highest BCUT2D eigenvalue weighted by atomic mass is 79.9. The molecule has 0 amide bonds. The van der Waals surface area contributed by atoms with Crippen molar-refractivity contribution in [1.29, 1.82) is 0 Å². The molecule has 0 aliphatic rings. The Kier molecular flexibility index (Phi) is 10.8. The number of unbranched alkanes of at least 4 members (excludes halogenated alkanes) is 3. The van der Waals surface area contributed by atoms with Crippen LogP contribution in [0.3, 0.4) is 0 Å². The lowest BCUT2D eigenvalue weighted by Crippen LogP contribution is -3.00. The minimum absolute atomic E-state index is 0. The molecule has 1 heterocycles. The molecule has 0 unspecified atom stereocenters. The molecule has 0 spiro atoms. The van der Waals surface area contributed by atoms with Crippen molar-refractivity contribution in [2.24, 2.45) is 0 Å². The Balaban J connectivity index is 0.00000361. The van der Waals surface area contributed by atoms with E-state index in [0.717, 1.165) is 31.8 Å². The summed E-state index contributed by atoms with van der Waals surface area (Å²) < 4.78 is 4.42. The maximum Gasteiger partial charge on any atom is 0.301 e. The molecule has 0 radical (unpaired) electrons. The average molecular weight is 347 g/mol. The molecule has 1 aromatic rings. The predicted molar refractivity (Wildman–Crippen MR) is 79.8 cm³/mol. The third-order valence-electron chi connectivity index (χ3n) is 3.46. The van der Waals surface area contributed by atoms with Gasteiger partial charge in [-0.3, -0.25) is 5.43 Å². The third kappa shape index (κ3) is 5.43. The molecular formula is C15H31BrN4. The molecule has 0 bridgehead atoms. The molecule has 0 aliphatic carbocycles. The molecule has 5 heteroatoms. The van der Waals surface area contributed by atoms with Gasteiger partial charge in [-0.15, -0.1) is 9.36 Å². The molecule has 1 rings (SSSR count). The molecule has 1 N–H and O–H groups in total. The minimum Gasteiger partial charge on any atom is -1.00 e. The molecule has 1 aromatic heterocycles. The lowest BCUT2D eigenvalue weighted by atomic mass is 10.2. The highest BCUT2D eigenvalue weighted by molar-refractivity contribution is 4.94. The van der Waals surface area contributed by atoms with E-state index in [9.17, 15) is 0 Å². The Morgan fingerprint density at radius 3 is 2.25 bits per heavy atom. The van der Waals surface area contributed by atoms with Crippen molar-refractivity contribution in [2.45, 2.75) is 79.2 Å². The van der Waals surface area contributed by atoms with Crippen molar-refractivity contribution in [3.63, 3.8) is 0 Å². The summed E-state index contributed by atoms with van der Waals surface area (Å²) in [7, 11) is 0. The van der Waals surface area contributed by atoms with Crippen molar-refractivity contribution in [3.8, 4) is 0 Å². The van der Waals surface area contributed by atoms with Crippen molar-refractivity contribution in [3.05, 3.63) is 11.6 Å². The number of aromatic nitrogens is 3. The Hall–Kier alpha value is -0.580. The highest BCUT2D eigenvalue weighted by Gasteiger charge is 2.22. The molecule has 0 aromatic carbocycles. The van der Waals surface area contributed by atoms with Crippen LogP contribution in [0.4, 0.5) is 0 Å². The molecule has 118 valence electrons. The molecular weight excluding hydrogens is 316 g/mol. The second-order valence-electron chi connectivity index (χ2n) is 5.07. The molecule has 0 fully saturated rings. The quantitative estimate of drug-likeness (QED) is 0.471. The van der Waals surface area contributed by atoms with E-state index < -0.39 is 0 Å². The van der Waals surface area contributed by atoms with E-state index >= 15 is 0 Å². The maximum absolute atomic E-state index is 4.75. The van der Waals surface area contributed by atoms with Crippen LogP contribution in [-0.4, -0.2) is 16.3 Å². The van der Waals surface area contributed by atoms with Crippen molar-refractivity contribution in [1.82, 2.24) is 9.77 Å². The number of hydrogen-bond donors (Lipinski definition) is 1. The zero-order valence-corrected chi connectivity index (χ0v) is 15.2. The molecule has 0 atom stereocenters. The first-order chi connectivity index (χ1) is 9.28. The van der Waals surface area contributed by atoms with E-state index in [1.807, 2.05) is 0 Å². The monoisotopic (exact) mass is 346 g/mol. The van der Waals surface area contributed by atoms with Gasteiger partial charge >= 0.3 is 5.82 Å². The lowest BCUT2D eigenvalue weighted by Gasteiger charge is -2.05. The standard InChI is InChI=1S/C15H31N4.BrH/c1-5-9-11-12-16-19-14(7-3)17-18(13-10-6-2)15(19)8-4;/h16H,5-13H2,1-4H3;1H/q+1;/p-1. The summed E-state index contributed by atoms with van der Waals surface area (Å²) in [5.74, 6) is 2.46. The summed E-state index contributed by atoms with van der Waals surface area (Å²) in [6.07, 6.45) is 8.21. The van der Waals surface area contributed by atoms with E-state index in [-0.39, 0.29) is 17.0 Å². The van der Waals surface area contributed by atoms with Crippen LogP contribution in [0.15, 0.2) is 0 Å². The number of nitrogens with zero attached hydrogens (tertiary/aromatic N) is 3. The average Bonchev–Trinajstić information content (AvgIpc) is 2.78.